The van der Waals surface area contributed by atoms with Crippen LogP contribution in [-0.4, -0.2) is 12.6 Å². The second-order valence-corrected chi connectivity index (χ2v) is 14.2. The summed E-state index contributed by atoms with van der Waals surface area (Å²) >= 11 is 0. The lowest BCUT2D eigenvalue weighted by Gasteiger charge is -2.07. The Morgan fingerprint density at radius 3 is 1.27 bits per heavy atom. The summed E-state index contributed by atoms with van der Waals surface area (Å²) in [5.74, 6) is 0.952. The number of hydrogen-bond donors (Lipinski definition) is 0. The quantitative estimate of drug-likeness (QED) is 0.0393. The normalized spacial score (nSPS) is 12.3. The number of allylic oxidation sites excluding steroid dienone is 2. The molecule has 1 unspecified atom stereocenters. The zero-order valence-electron chi connectivity index (χ0n) is 30.8. The zero-order chi connectivity index (χ0) is 32.0. The molecule has 0 saturated heterocycles. The molecule has 0 aliphatic carbocycles. The molecule has 0 aromatic heterocycles. The van der Waals surface area contributed by atoms with Gasteiger partial charge in [0.05, 0.1) is 6.61 Å². The van der Waals surface area contributed by atoms with Gasteiger partial charge in [-0.25, -0.2) is 0 Å². The van der Waals surface area contributed by atoms with Crippen molar-refractivity contribution in [2.45, 2.75) is 239 Å². The van der Waals surface area contributed by atoms with E-state index in [1.54, 1.807) is 0 Å². The molecule has 0 fully saturated rings. The van der Waals surface area contributed by atoms with E-state index in [0.717, 1.165) is 18.8 Å². The molecule has 0 saturated carbocycles. The summed E-state index contributed by atoms with van der Waals surface area (Å²) in [6.07, 6.45) is 50.0. The SMILES string of the molecule is CCCCCCCCC=CCCCCCCCCCC(=O)OCCCCCCCCCCCCCCCCCCC(C)CC. The summed E-state index contributed by atoms with van der Waals surface area (Å²) in [5, 5.41) is 0. The van der Waals surface area contributed by atoms with Gasteiger partial charge in [0.15, 0.2) is 0 Å². The van der Waals surface area contributed by atoms with Crippen molar-refractivity contribution in [3.8, 4) is 0 Å². The lowest BCUT2D eigenvalue weighted by molar-refractivity contribution is -0.143. The molecule has 262 valence electrons. The van der Waals surface area contributed by atoms with E-state index in [4.69, 9.17) is 4.74 Å². The van der Waals surface area contributed by atoms with E-state index in [1.165, 1.54) is 199 Å². The topological polar surface area (TPSA) is 26.3 Å². The maximum atomic E-state index is 12.0. The van der Waals surface area contributed by atoms with Gasteiger partial charge in [-0.05, 0) is 44.4 Å². The molecule has 0 heterocycles. The van der Waals surface area contributed by atoms with Crippen LogP contribution in [0.5, 0.6) is 0 Å². The lowest BCUT2D eigenvalue weighted by Crippen LogP contribution is -2.05. The molecule has 2 heteroatoms. The molecule has 0 aliphatic heterocycles. The standard InChI is InChI=1S/C42H82O2/c1-4-6-7-8-9-10-11-12-13-14-18-21-24-27-30-33-36-39-42(43)44-40-37-34-31-28-25-22-19-16-15-17-20-23-26-29-32-35-38-41(3)5-2/h12-13,41H,4-11,14-40H2,1-3H3. The monoisotopic (exact) mass is 619 g/mol. The van der Waals surface area contributed by atoms with Crippen LogP contribution in [-0.2, 0) is 9.53 Å². The van der Waals surface area contributed by atoms with Gasteiger partial charge in [-0.15, -0.1) is 0 Å². The van der Waals surface area contributed by atoms with Crippen molar-refractivity contribution in [1.82, 2.24) is 0 Å². The van der Waals surface area contributed by atoms with Gasteiger partial charge in [0.1, 0.15) is 0 Å². The Morgan fingerprint density at radius 1 is 0.477 bits per heavy atom. The second kappa shape index (κ2) is 38.4. The molecule has 0 aromatic rings. The molecule has 0 bridgehead atoms. The van der Waals surface area contributed by atoms with Crippen molar-refractivity contribution in [3.05, 3.63) is 12.2 Å². The Labute approximate surface area is 278 Å². The minimum atomic E-state index is 0.0230. The Kier molecular flexibility index (Phi) is 37.7. The molecular formula is C42H82O2. The highest BCUT2D eigenvalue weighted by Crippen LogP contribution is 2.17. The van der Waals surface area contributed by atoms with Gasteiger partial charge < -0.3 is 4.74 Å². The predicted octanol–water partition coefficient (Wildman–Crippen LogP) is 15.0. The predicted molar refractivity (Wildman–Crippen MR) is 198 cm³/mol. The maximum absolute atomic E-state index is 12.0. The third-order valence-corrected chi connectivity index (χ3v) is 9.69. The molecule has 44 heavy (non-hydrogen) atoms. The number of carbonyl (C=O) groups excluding carboxylic acids is 1. The van der Waals surface area contributed by atoms with Crippen LogP contribution in [0.4, 0.5) is 0 Å². The fourth-order valence-electron chi connectivity index (χ4n) is 6.23. The molecule has 1 atom stereocenters. The van der Waals surface area contributed by atoms with Crippen molar-refractivity contribution in [2.75, 3.05) is 6.61 Å². The van der Waals surface area contributed by atoms with Gasteiger partial charge in [-0.2, -0.15) is 0 Å². The third kappa shape index (κ3) is 37.4. The first-order chi connectivity index (χ1) is 21.7. The zero-order valence-corrected chi connectivity index (χ0v) is 30.8. The van der Waals surface area contributed by atoms with E-state index in [0.29, 0.717) is 13.0 Å². The Morgan fingerprint density at radius 2 is 0.841 bits per heavy atom. The average molecular weight is 619 g/mol. The fraction of sp³-hybridized carbons (Fsp3) is 0.929. The first-order valence-corrected chi connectivity index (χ1v) is 20.5. The van der Waals surface area contributed by atoms with E-state index in [-0.39, 0.29) is 5.97 Å². The van der Waals surface area contributed by atoms with Crippen molar-refractivity contribution in [1.29, 1.82) is 0 Å². The molecule has 0 N–H and O–H groups in total. The van der Waals surface area contributed by atoms with Crippen LogP contribution in [0.2, 0.25) is 0 Å². The third-order valence-electron chi connectivity index (χ3n) is 9.69. The number of hydrogen-bond acceptors (Lipinski definition) is 2. The molecule has 0 rings (SSSR count). The van der Waals surface area contributed by atoms with Gasteiger partial charge in [-0.1, -0.05) is 206 Å². The number of ether oxygens (including phenoxy) is 1. The average Bonchev–Trinajstić information content (AvgIpc) is 3.03. The minimum Gasteiger partial charge on any atom is -0.466 e. The summed E-state index contributed by atoms with van der Waals surface area (Å²) in [7, 11) is 0. The van der Waals surface area contributed by atoms with Gasteiger partial charge in [0.2, 0.25) is 0 Å². The Bertz CT molecular complexity index is 568. The number of carbonyl (C=O) groups is 1. The molecule has 0 amide bonds. The molecule has 2 nitrogen and oxygen atoms in total. The van der Waals surface area contributed by atoms with Crippen molar-refractivity contribution in [2.24, 2.45) is 5.92 Å². The summed E-state index contributed by atoms with van der Waals surface area (Å²) in [5.41, 5.74) is 0. The molecule has 0 radical (unpaired) electrons. The van der Waals surface area contributed by atoms with Gasteiger partial charge in [0, 0.05) is 6.42 Å². The van der Waals surface area contributed by atoms with Crippen LogP contribution in [0.3, 0.4) is 0 Å². The van der Waals surface area contributed by atoms with Crippen molar-refractivity contribution < 1.29 is 9.53 Å². The lowest BCUT2D eigenvalue weighted by atomic mass is 9.99. The maximum Gasteiger partial charge on any atom is 0.305 e. The van der Waals surface area contributed by atoms with Crippen molar-refractivity contribution in [3.63, 3.8) is 0 Å². The highest BCUT2D eigenvalue weighted by molar-refractivity contribution is 5.69. The van der Waals surface area contributed by atoms with E-state index in [2.05, 4.69) is 32.9 Å². The largest absolute Gasteiger partial charge is 0.466 e. The molecule has 0 aliphatic rings. The number of esters is 1. The van der Waals surface area contributed by atoms with E-state index in [9.17, 15) is 4.79 Å². The van der Waals surface area contributed by atoms with Crippen LogP contribution < -0.4 is 0 Å². The van der Waals surface area contributed by atoms with Crippen LogP contribution in [0, 0.1) is 5.92 Å². The van der Waals surface area contributed by atoms with Crippen LogP contribution in [0.25, 0.3) is 0 Å². The highest BCUT2D eigenvalue weighted by atomic mass is 16.5. The molecular weight excluding hydrogens is 536 g/mol. The highest BCUT2D eigenvalue weighted by Gasteiger charge is 2.03. The van der Waals surface area contributed by atoms with Gasteiger partial charge in [-0.3, -0.25) is 4.79 Å². The van der Waals surface area contributed by atoms with Crippen LogP contribution in [0.1, 0.15) is 239 Å². The van der Waals surface area contributed by atoms with Crippen molar-refractivity contribution >= 4 is 5.97 Å². The minimum absolute atomic E-state index is 0.0230. The summed E-state index contributed by atoms with van der Waals surface area (Å²) in [6, 6.07) is 0. The second-order valence-electron chi connectivity index (χ2n) is 14.2. The summed E-state index contributed by atoms with van der Waals surface area (Å²) < 4.78 is 5.46. The van der Waals surface area contributed by atoms with Crippen LogP contribution >= 0.6 is 0 Å². The van der Waals surface area contributed by atoms with E-state index < -0.39 is 0 Å². The van der Waals surface area contributed by atoms with Crippen LogP contribution in [0.15, 0.2) is 12.2 Å². The number of unbranched alkanes of at least 4 members (excludes halogenated alkanes) is 28. The van der Waals surface area contributed by atoms with E-state index in [1.807, 2.05) is 0 Å². The Hall–Kier alpha value is -0.790. The van der Waals surface area contributed by atoms with E-state index >= 15 is 0 Å². The Balaban J connectivity index is 3.19. The summed E-state index contributed by atoms with van der Waals surface area (Å²) in [6.45, 7) is 7.62. The smallest absolute Gasteiger partial charge is 0.305 e. The summed E-state index contributed by atoms with van der Waals surface area (Å²) in [4.78, 5) is 12.0. The van der Waals surface area contributed by atoms with Gasteiger partial charge in [0.25, 0.3) is 0 Å². The number of rotatable bonds is 37. The first kappa shape index (κ1) is 43.2. The fourth-order valence-corrected chi connectivity index (χ4v) is 6.23. The molecule has 0 spiro atoms. The molecule has 0 aromatic carbocycles. The van der Waals surface area contributed by atoms with Gasteiger partial charge >= 0.3 is 5.97 Å². The first-order valence-electron chi connectivity index (χ1n) is 20.5.